The summed E-state index contributed by atoms with van der Waals surface area (Å²) in [7, 11) is 1.69. The highest BCUT2D eigenvalue weighted by atomic mass is 16.5. The molecule has 1 amide bonds. The van der Waals surface area contributed by atoms with Crippen molar-refractivity contribution in [1.29, 1.82) is 0 Å². The Morgan fingerprint density at radius 1 is 1.21 bits per heavy atom. The van der Waals surface area contributed by atoms with Crippen LogP contribution in [0.15, 0.2) is 65.2 Å². The van der Waals surface area contributed by atoms with E-state index in [4.69, 9.17) is 9.26 Å². The minimum absolute atomic E-state index is 0.244. The van der Waals surface area contributed by atoms with E-state index in [2.05, 4.69) is 27.5 Å². The predicted octanol–water partition coefficient (Wildman–Crippen LogP) is 4.32. The lowest BCUT2D eigenvalue weighted by Crippen LogP contribution is -2.34. The van der Waals surface area contributed by atoms with E-state index < -0.39 is 0 Å². The van der Waals surface area contributed by atoms with Gasteiger partial charge in [-0.3, -0.25) is 9.69 Å². The van der Waals surface area contributed by atoms with Crippen molar-refractivity contribution in [2.75, 3.05) is 25.5 Å². The smallest absolute Gasteiger partial charge is 0.294 e. The average Bonchev–Trinajstić information content (AvgIpc) is 3.25. The van der Waals surface area contributed by atoms with Crippen LogP contribution in [0.5, 0.6) is 5.75 Å². The maximum Gasteiger partial charge on any atom is 0.294 e. The third kappa shape index (κ3) is 4.84. The summed E-state index contributed by atoms with van der Waals surface area (Å²) in [6.45, 7) is 2.81. The van der Waals surface area contributed by atoms with Crippen molar-refractivity contribution in [3.63, 3.8) is 0 Å². The topological polar surface area (TPSA) is 67.6 Å². The molecule has 0 spiro atoms. The molecule has 6 heteroatoms. The number of aromatic nitrogens is 1. The monoisotopic (exact) mass is 391 g/mol. The van der Waals surface area contributed by atoms with Crippen LogP contribution in [0.3, 0.4) is 0 Å². The normalized spacial score (nSPS) is 17.1. The van der Waals surface area contributed by atoms with E-state index in [0.717, 1.165) is 49.6 Å². The summed E-state index contributed by atoms with van der Waals surface area (Å²) in [4.78, 5) is 14.8. The van der Waals surface area contributed by atoms with E-state index in [1.54, 1.807) is 13.2 Å². The van der Waals surface area contributed by atoms with Gasteiger partial charge in [0.1, 0.15) is 5.75 Å². The van der Waals surface area contributed by atoms with Crippen LogP contribution in [0.2, 0.25) is 0 Å². The van der Waals surface area contributed by atoms with Crippen molar-refractivity contribution >= 4 is 11.6 Å². The number of likely N-dealkylation sites (tertiary alicyclic amines) is 1. The van der Waals surface area contributed by atoms with Crippen molar-refractivity contribution in [3.8, 4) is 5.75 Å². The molecule has 1 atom stereocenters. The first kappa shape index (κ1) is 19.2. The summed E-state index contributed by atoms with van der Waals surface area (Å²) in [5, 5.41) is 7.02. The van der Waals surface area contributed by atoms with Crippen LogP contribution in [0.1, 0.15) is 40.6 Å². The molecule has 0 saturated carbocycles. The molecule has 1 aliphatic heterocycles. The van der Waals surface area contributed by atoms with Gasteiger partial charge in [0.05, 0.1) is 12.8 Å². The van der Waals surface area contributed by atoms with Crippen LogP contribution in [-0.2, 0) is 6.54 Å². The fraction of sp³-hybridized carbons (Fsp3) is 0.304. The number of carbonyl (C=O) groups excluding carboxylic acids is 1. The van der Waals surface area contributed by atoms with E-state index in [9.17, 15) is 4.79 Å². The minimum Gasteiger partial charge on any atom is -0.497 e. The molecule has 2 aromatic carbocycles. The average molecular weight is 391 g/mol. The number of para-hydroxylation sites is 1. The third-order valence-corrected chi connectivity index (χ3v) is 5.25. The molecule has 1 unspecified atom stereocenters. The number of carbonyl (C=O) groups is 1. The maximum absolute atomic E-state index is 12.4. The molecule has 0 bridgehead atoms. The second kappa shape index (κ2) is 8.92. The second-order valence-electron chi connectivity index (χ2n) is 7.36. The number of ether oxygens (including phenoxy) is 1. The van der Waals surface area contributed by atoms with Gasteiger partial charge in [0.15, 0.2) is 0 Å². The van der Waals surface area contributed by atoms with E-state index in [1.165, 1.54) is 5.56 Å². The van der Waals surface area contributed by atoms with Crippen molar-refractivity contribution < 1.29 is 14.1 Å². The summed E-state index contributed by atoms with van der Waals surface area (Å²) in [5.74, 6) is 1.10. The predicted molar refractivity (Wildman–Crippen MR) is 111 cm³/mol. The molecule has 1 aliphatic rings. The van der Waals surface area contributed by atoms with E-state index in [1.807, 2.05) is 42.5 Å². The minimum atomic E-state index is -0.279. The lowest BCUT2D eigenvalue weighted by Gasteiger charge is -2.31. The third-order valence-electron chi connectivity index (χ3n) is 5.25. The summed E-state index contributed by atoms with van der Waals surface area (Å²) in [5.41, 5.74) is 2.81. The number of nitrogens with zero attached hydrogens (tertiary/aromatic N) is 2. The highest BCUT2D eigenvalue weighted by molar-refractivity contribution is 6.02. The lowest BCUT2D eigenvalue weighted by molar-refractivity contribution is 0.0987. The van der Waals surface area contributed by atoms with E-state index >= 15 is 0 Å². The zero-order valence-electron chi connectivity index (χ0n) is 16.5. The molecular formula is C23H25N3O3. The number of hydrogen-bond acceptors (Lipinski definition) is 5. The van der Waals surface area contributed by atoms with Crippen LogP contribution >= 0.6 is 0 Å². The maximum atomic E-state index is 12.4. The summed E-state index contributed by atoms with van der Waals surface area (Å²) in [6, 6.07) is 19.3. The van der Waals surface area contributed by atoms with Crippen LogP contribution < -0.4 is 10.1 Å². The van der Waals surface area contributed by atoms with Crippen molar-refractivity contribution in [2.45, 2.75) is 25.3 Å². The number of methoxy groups -OCH3 is 1. The van der Waals surface area contributed by atoms with Gasteiger partial charge in [-0.1, -0.05) is 35.5 Å². The van der Waals surface area contributed by atoms with Crippen LogP contribution in [0, 0.1) is 0 Å². The SMILES string of the molecule is COc1cccc(CN2CCCC(c3cc(C(=O)Nc4ccccc4)on3)C2)c1. The van der Waals surface area contributed by atoms with Gasteiger partial charge in [-0.15, -0.1) is 0 Å². The van der Waals surface area contributed by atoms with E-state index in [0.29, 0.717) is 0 Å². The molecule has 6 nitrogen and oxygen atoms in total. The van der Waals surface area contributed by atoms with Gasteiger partial charge in [0.2, 0.25) is 5.76 Å². The first-order valence-corrected chi connectivity index (χ1v) is 9.89. The number of rotatable bonds is 6. The van der Waals surface area contributed by atoms with Gasteiger partial charge in [0, 0.05) is 30.8 Å². The number of hydrogen-bond donors (Lipinski definition) is 1. The highest BCUT2D eigenvalue weighted by Crippen LogP contribution is 2.28. The lowest BCUT2D eigenvalue weighted by atomic mass is 9.94. The standard InChI is InChI=1S/C23H25N3O3/c1-28-20-11-5-7-17(13-20)15-26-12-6-8-18(16-26)21-14-22(29-25-21)23(27)24-19-9-3-2-4-10-19/h2-5,7,9-11,13-14,18H,6,8,12,15-16H2,1H3,(H,24,27). The largest absolute Gasteiger partial charge is 0.497 e. The second-order valence-corrected chi connectivity index (χ2v) is 7.36. The Bertz CT molecular complexity index is 955. The van der Waals surface area contributed by atoms with Crippen LogP contribution in [0.4, 0.5) is 5.69 Å². The number of nitrogens with one attached hydrogen (secondary N) is 1. The van der Waals surface area contributed by atoms with Crippen LogP contribution in [-0.4, -0.2) is 36.2 Å². The number of piperidine rings is 1. The van der Waals surface area contributed by atoms with Crippen molar-refractivity contribution in [3.05, 3.63) is 77.7 Å². The highest BCUT2D eigenvalue weighted by Gasteiger charge is 2.25. The summed E-state index contributed by atoms with van der Waals surface area (Å²) in [6.07, 6.45) is 2.13. The Morgan fingerprint density at radius 2 is 2.07 bits per heavy atom. The number of amides is 1. The molecule has 1 fully saturated rings. The van der Waals surface area contributed by atoms with Crippen LogP contribution in [0.25, 0.3) is 0 Å². The molecule has 1 saturated heterocycles. The Balaban J connectivity index is 1.39. The molecule has 3 aromatic rings. The molecule has 1 aromatic heterocycles. The molecule has 29 heavy (non-hydrogen) atoms. The summed E-state index contributed by atoms with van der Waals surface area (Å²) < 4.78 is 10.7. The Kier molecular flexibility index (Phi) is 5.91. The Morgan fingerprint density at radius 3 is 2.90 bits per heavy atom. The van der Waals surface area contributed by atoms with Gasteiger partial charge >= 0.3 is 0 Å². The Labute approximate surface area is 170 Å². The summed E-state index contributed by atoms with van der Waals surface area (Å²) >= 11 is 0. The molecule has 4 rings (SSSR count). The number of benzene rings is 2. The van der Waals surface area contributed by atoms with Crippen molar-refractivity contribution in [2.24, 2.45) is 0 Å². The molecule has 2 heterocycles. The van der Waals surface area contributed by atoms with Gasteiger partial charge in [-0.25, -0.2) is 0 Å². The first-order valence-electron chi connectivity index (χ1n) is 9.89. The zero-order chi connectivity index (χ0) is 20.1. The van der Waals surface area contributed by atoms with Crippen molar-refractivity contribution in [1.82, 2.24) is 10.1 Å². The number of anilines is 1. The molecule has 1 N–H and O–H groups in total. The quantitative estimate of drug-likeness (QED) is 0.678. The van der Waals surface area contributed by atoms with Gasteiger partial charge in [0.25, 0.3) is 5.91 Å². The molecule has 0 aliphatic carbocycles. The first-order chi connectivity index (χ1) is 14.2. The van der Waals surface area contributed by atoms with Gasteiger partial charge in [-0.05, 0) is 49.2 Å². The molecular weight excluding hydrogens is 366 g/mol. The van der Waals surface area contributed by atoms with Gasteiger partial charge in [-0.2, -0.15) is 0 Å². The molecule has 0 radical (unpaired) electrons. The fourth-order valence-electron chi connectivity index (χ4n) is 3.77. The molecule has 150 valence electrons. The zero-order valence-corrected chi connectivity index (χ0v) is 16.5. The fourth-order valence-corrected chi connectivity index (χ4v) is 3.77. The van der Waals surface area contributed by atoms with Gasteiger partial charge < -0.3 is 14.6 Å². The Hall–Kier alpha value is -3.12. The van der Waals surface area contributed by atoms with E-state index in [-0.39, 0.29) is 17.6 Å².